The molecular weight excluding hydrogens is 394 g/mol. The Kier molecular flexibility index (Phi) is 7.63. The molecule has 0 saturated carbocycles. The van der Waals surface area contributed by atoms with Crippen LogP contribution >= 0.6 is 11.8 Å². The fraction of sp³-hybridized carbons (Fsp3) is 0.391. The lowest BCUT2D eigenvalue weighted by Gasteiger charge is -2.15. The van der Waals surface area contributed by atoms with Crippen molar-refractivity contribution >= 4 is 17.7 Å². The minimum Gasteiger partial charge on any atom is -0.353 e. The Morgan fingerprint density at radius 2 is 1.73 bits per heavy atom. The number of nitrogens with one attached hydrogen (secondary N) is 1. The second-order valence-corrected chi connectivity index (χ2v) is 8.88. The Balaban J connectivity index is 1.77. The molecule has 30 heavy (non-hydrogen) atoms. The van der Waals surface area contributed by atoms with E-state index in [0.717, 1.165) is 29.9 Å². The lowest BCUT2D eigenvalue weighted by molar-refractivity contribution is -0.119. The van der Waals surface area contributed by atoms with E-state index in [1.54, 1.807) is 12.4 Å². The van der Waals surface area contributed by atoms with Gasteiger partial charge in [0.25, 0.3) is 0 Å². The minimum atomic E-state index is 0.0140. The maximum Gasteiger partial charge on any atom is 0.230 e. The number of carbonyl (C=O) groups excluding carboxylic acids is 1. The number of thioether (sulfide) groups is 1. The normalized spacial score (nSPS) is 12.2. The Hall–Kier alpha value is -2.67. The van der Waals surface area contributed by atoms with E-state index in [4.69, 9.17) is 0 Å². The third kappa shape index (κ3) is 5.92. The van der Waals surface area contributed by atoms with Gasteiger partial charge in [-0.05, 0) is 56.9 Å². The highest BCUT2D eigenvalue weighted by atomic mass is 32.2. The van der Waals surface area contributed by atoms with Crippen LogP contribution in [0.15, 0.2) is 53.9 Å². The summed E-state index contributed by atoms with van der Waals surface area (Å²) in [7, 11) is 0. The summed E-state index contributed by atoms with van der Waals surface area (Å²) in [4.78, 5) is 16.5. The van der Waals surface area contributed by atoms with Crippen molar-refractivity contribution in [3.05, 3.63) is 54.4 Å². The quantitative estimate of drug-likeness (QED) is 0.506. The number of benzene rings is 1. The number of carbonyl (C=O) groups is 1. The Morgan fingerprint density at radius 1 is 1.03 bits per heavy atom. The Labute approximate surface area is 182 Å². The average Bonchev–Trinajstić information content (AvgIpc) is 3.16. The number of rotatable bonds is 9. The van der Waals surface area contributed by atoms with Gasteiger partial charge in [-0.3, -0.25) is 14.3 Å². The van der Waals surface area contributed by atoms with Crippen molar-refractivity contribution in [1.29, 1.82) is 0 Å². The molecule has 6 nitrogen and oxygen atoms in total. The Morgan fingerprint density at radius 3 is 2.40 bits per heavy atom. The van der Waals surface area contributed by atoms with Gasteiger partial charge in [0.1, 0.15) is 0 Å². The van der Waals surface area contributed by atoms with Crippen LogP contribution in [-0.4, -0.2) is 37.5 Å². The predicted molar refractivity (Wildman–Crippen MR) is 122 cm³/mol. The largest absolute Gasteiger partial charge is 0.353 e. The second kappa shape index (κ2) is 10.4. The van der Waals surface area contributed by atoms with Crippen LogP contribution in [0.25, 0.3) is 17.1 Å². The maximum absolute atomic E-state index is 12.4. The first kappa shape index (κ1) is 22.0. The van der Waals surface area contributed by atoms with E-state index in [1.165, 1.54) is 17.3 Å². The van der Waals surface area contributed by atoms with Gasteiger partial charge in [-0.25, -0.2) is 0 Å². The predicted octanol–water partition coefficient (Wildman–Crippen LogP) is 4.67. The molecule has 1 atom stereocenters. The average molecular weight is 424 g/mol. The number of amides is 1. The van der Waals surface area contributed by atoms with E-state index in [-0.39, 0.29) is 11.9 Å². The molecule has 0 aliphatic rings. The first-order chi connectivity index (χ1) is 14.4. The van der Waals surface area contributed by atoms with Crippen molar-refractivity contribution < 1.29 is 4.79 Å². The SMILES string of the molecule is Cc1ccc(-n2c(SCC(=O)NC(C)CCC(C)C)nnc2-c2ccncc2)cc1. The lowest BCUT2D eigenvalue weighted by atomic mass is 10.0. The summed E-state index contributed by atoms with van der Waals surface area (Å²) in [6.45, 7) is 8.51. The Bertz CT molecular complexity index is 953. The van der Waals surface area contributed by atoms with Gasteiger partial charge in [-0.1, -0.05) is 43.3 Å². The molecule has 0 saturated heterocycles. The molecule has 158 valence electrons. The maximum atomic E-state index is 12.4. The van der Waals surface area contributed by atoms with E-state index in [1.807, 2.05) is 28.8 Å². The molecule has 1 N–H and O–H groups in total. The van der Waals surface area contributed by atoms with Gasteiger partial charge in [0.15, 0.2) is 11.0 Å². The summed E-state index contributed by atoms with van der Waals surface area (Å²) in [6, 6.07) is 12.2. The molecule has 1 amide bonds. The number of hydrogen-bond acceptors (Lipinski definition) is 5. The highest BCUT2D eigenvalue weighted by molar-refractivity contribution is 7.99. The molecule has 2 aromatic heterocycles. The molecule has 1 unspecified atom stereocenters. The molecule has 0 radical (unpaired) electrons. The molecule has 3 rings (SSSR count). The van der Waals surface area contributed by atoms with E-state index in [0.29, 0.717) is 16.8 Å². The van der Waals surface area contributed by atoms with Gasteiger partial charge in [0, 0.05) is 29.7 Å². The van der Waals surface area contributed by atoms with E-state index in [9.17, 15) is 4.79 Å². The molecule has 1 aromatic carbocycles. The van der Waals surface area contributed by atoms with Gasteiger partial charge >= 0.3 is 0 Å². The number of nitrogens with zero attached hydrogens (tertiary/aromatic N) is 4. The topological polar surface area (TPSA) is 72.7 Å². The zero-order valence-corrected chi connectivity index (χ0v) is 18.8. The van der Waals surface area contributed by atoms with E-state index >= 15 is 0 Å². The van der Waals surface area contributed by atoms with Crippen molar-refractivity contribution in [3.8, 4) is 17.1 Å². The smallest absolute Gasteiger partial charge is 0.230 e. The van der Waals surface area contributed by atoms with Crippen molar-refractivity contribution in [2.45, 2.75) is 51.7 Å². The van der Waals surface area contributed by atoms with Crippen LogP contribution < -0.4 is 5.32 Å². The highest BCUT2D eigenvalue weighted by Crippen LogP contribution is 2.27. The molecule has 0 aliphatic carbocycles. The first-order valence-corrected chi connectivity index (χ1v) is 11.3. The summed E-state index contributed by atoms with van der Waals surface area (Å²) < 4.78 is 1.99. The summed E-state index contributed by atoms with van der Waals surface area (Å²) in [5.41, 5.74) is 3.07. The van der Waals surface area contributed by atoms with Gasteiger partial charge in [-0.2, -0.15) is 0 Å². The first-order valence-electron chi connectivity index (χ1n) is 10.3. The van der Waals surface area contributed by atoms with Crippen LogP contribution in [0.4, 0.5) is 0 Å². The van der Waals surface area contributed by atoms with Crippen molar-refractivity contribution in [3.63, 3.8) is 0 Å². The van der Waals surface area contributed by atoms with Crippen LogP contribution in [0.1, 0.15) is 39.2 Å². The summed E-state index contributed by atoms with van der Waals surface area (Å²) in [5, 5.41) is 12.6. The van der Waals surface area contributed by atoms with Gasteiger partial charge in [-0.15, -0.1) is 10.2 Å². The standard InChI is InChI=1S/C23H29N5OS/c1-16(2)5-8-18(4)25-21(29)15-30-23-27-26-22(19-11-13-24-14-12-19)28(23)20-9-6-17(3)7-10-20/h6-7,9-14,16,18H,5,8,15H2,1-4H3,(H,25,29). The van der Waals surface area contributed by atoms with Crippen molar-refractivity contribution in [1.82, 2.24) is 25.1 Å². The monoisotopic (exact) mass is 423 g/mol. The molecule has 3 aromatic rings. The zero-order valence-electron chi connectivity index (χ0n) is 18.0. The van der Waals surface area contributed by atoms with Gasteiger partial charge < -0.3 is 5.32 Å². The zero-order chi connectivity index (χ0) is 21.5. The van der Waals surface area contributed by atoms with Crippen LogP contribution in [-0.2, 0) is 4.79 Å². The fourth-order valence-corrected chi connectivity index (χ4v) is 3.84. The van der Waals surface area contributed by atoms with Crippen LogP contribution in [0.5, 0.6) is 0 Å². The number of hydrogen-bond donors (Lipinski definition) is 1. The number of aromatic nitrogens is 4. The van der Waals surface area contributed by atoms with Crippen molar-refractivity contribution in [2.24, 2.45) is 5.92 Å². The molecule has 7 heteroatoms. The fourth-order valence-electron chi connectivity index (χ4n) is 3.08. The molecule has 0 bridgehead atoms. The van der Waals surface area contributed by atoms with Gasteiger partial charge in [0.05, 0.1) is 5.75 Å². The van der Waals surface area contributed by atoms with Crippen LogP contribution in [0.3, 0.4) is 0 Å². The summed E-state index contributed by atoms with van der Waals surface area (Å²) in [6.07, 6.45) is 5.57. The summed E-state index contributed by atoms with van der Waals surface area (Å²) >= 11 is 1.40. The van der Waals surface area contributed by atoms with Crippen LogP contribution in [0, 0.1) is 12.8 Å². The number of aryl methyl sites for hydroxylation is 1. The molecule has 0 fully saturated rings. The van der Waals surface area contributed by atoms with E-state index < -0.39 is 0 Å². The third-order valence-electron chi connectivity index (χ3n) is 4.78. The van der Waals surface area contributed by atoms with E-state index in [2.05, 4.69) is 60.3 Å². The minimum absolute atomic E-state index is 0.0140. The molecule has 2 heterocycles. The van der Waals surface area contributed by atoms with Crippen LogP contribution in [0.2, 0.25) is 0 Å². The second-order valence-electron chi connectivity index (χ2n) is 7.94. The summed E-state index contributed by atoms with van der Waals surface area (Å²) in [5.74, 6) is 1.68. The number of pyridine rings is 1. The molecule has 0 aliphatic heterocycles. The lowest BCUT2D eigenvalue weighted by Crippen LogP contribution is -2.34. The molecular formula is C23H29N5OS. The van der Waals surface area contributed by atoms with Gasteiger partial charge in [0.2, 0.25) is 5.91 Å². The molecule has 0 spiro atoms. The third-order valence-corrected chi connectivity index (χ3v) is 5.71. The van der Waals surface area contributed by atoms with Crippen molar-refractivity contribution in [2.75, 3.05) is 5.75 Å². The highest BCUT2D eigenvalue weighted by Gasteiger charge is 2.18.